The molecule has 0 aliphatic heterocycles. The zero-order valence-electron chi connectivity index (χ0n) is 10.1. The Bertz CT molecular complexity index is 326. The van der Waals surface area contributed by atoms with Gasteiger partial charge in [0.1, 0.15) is 6.04 Å². The van der Waals surface area contributed by atoms with Gasteiger partial charge >= 0.3 is 5.97 Å². The van der Waals surface area contributed by atoms with Crippen LogP contribution in [0.15, 0.2) is 0 Å². The zero-order chi connectivity index (χ0) is 12.9. The Morgan fingerprint density at radius 3 is 2.25 bits per heavy atom. The first-order valence-corrected chi connectivity index (χ1v) is 6.62. The van der Waals surface area contributed by atoms with Gasteiger partial charge in [0.2, 0.25) is 0 Å². The van der Waals surface area contributed by atoms with Gasteiger partial charge in [0, 0.05) is 13.6 Å². The Morgan fingerprint density at radius 1 is 1.44 bits per heavy atom. The average molecular weight is 252 g/mol. The fourth-order valence-electron chi connectivity index (χ4n) is 1.16. The van der Waals surface area contributed by atoms with E-state index in [1.807, 2.05) is 6.92 Å². The maximum absolute atomic E-state index is 11.7. The first kappa shape index (κ1) is 15.3. The third-order valence-corrected chi connectivity index (χ3v) is 3.71. The van der Waals surface area contributed by atoms with Crippen molar-refractivity contribution in [3.05, 3.63) is 0 Å². The Labute approximate surface area is 96.8 Å². The van der Waals surface area contributed by atoms with Crippen LogP contribution in [0.2, 0.25) is 0 Å². The molecule has 16 heavy (non-hydrogen) atoms. The van der Waals surface area contributed by atoms with Crippen molar-refractivity contribution >= 4 is 16.2 Å². The number of hydrogen-bond donors (Lipinski definition) is 2. The second-order valence-electron chi connectivity index (χ2n) is 4.00. The number of rotatable bonds is 7. The van der Waals surface area contributed by atoms with E-state index < -0.39 is 22.2 Å². The number of carbonyl (C=O) groups is 1. The van der Waals surface area contributed by atoms with Crippen molar-refractivity contribution in [1.29, 1.82) is 0 Å². The number of aliphatic carboxylic acids is 1. The van der Waals surface area contributed by atoms with Crippen molar-refractivity contribution in [3.63, 3.8) is 0 Å². The van der Waals surface area contributed by atoms with Gasteiger partial charge < -0.3 is 5.11 Å². The second kappa shape index (κ2) is 6.17. The molecule has 0 aromatic heterocycles. The molecule has 0 aliphatic carbocycles. The average Bonchev–Trinajstić information content (AvgIpc) is 2.13. The Morgan fingerprint density at radius 2 is 1.94 bits per heavy atom. The van der Waals surface area contributed by atoms with E-state index in [1.165, 1.54) is 7.05 Å². The summed E-state index contributed by atoms with van der Waals surface area (Å²) in [5.41, 5.74) is 0. The van der Waals surface area contributed by atoms with Gasteiger partial charge in [0.25, 0.3) is 10.2 Å². The molecule has 7 heteroatoms. The second-order valence-corrected chi connectivity index (χ2v) is 5.81. The number of carboxylic acid groups (broad SMARTS) is 1. The molecule has 0 radical (unpaired) electrons. The van der Waals surface area contributed by atoms with E-state index in [9.17, 15) is 13.2 Å². The third kappa shape index (κ3) is 4.46. The molecule has 0 saturated carbocycles. The summed E-state index contributed by atoms with van der Waals surface area (Å²) in [7, 11) is -2.29. The van der Waals surface area contributed by atoms with Crippen LogP contribution in [0.3, 0.4) is 0 Å². The molecule has 0 fully saturated rings. The zero-order valence-corrected chi connectivity index (χ0v) is 10.9. The van der Waals surface area contributed by atoms with Crippen molar-refractivity contribution in [3.8, 4) is 0 Å². The third-order valence-electron chi connectivity index (χ3n) is 2.16. The molecule has 0 heterocycles. The Kier molecular flexibility index (Phi) is 5.91. The van der Waals surface area contributed by atoms with Gasteiger partial charge in [-0.2, -0.15) is 17.4 Å². The number of carboxylic acids is 1. The highest BCUT2D eigenvalue weighted by Crippen LogP contribution is 2.05. The smallest absolute Gasteiger partial charge is 0.322 e. The molecule has 2 N–H and O–H groups in total. The number of nitrogens with one attached hydrogen (secondary N) is 1. The van der Waals surface area contributed by atoms with Gasteiger partial charge in [-0.1, -0.05) is 20.8 Å². The predicted octanol–water partition coefficient (Wildman–Crippen LogP) is 0.272. The SMILES string of the molecule is CCCN(C)S(=O)(=O)N[C@@H](C(=O)O)C(C)C. The van der Waals surface area contributed by atoms with Crippen LogP contribution in [0.5, 0.6) is 0 Å². The summed E-state index contributed by atoms with van der Waals surface area (Å²) in [6.45, 7) is 5.52. The maximum atomic E-state index is 11.7. The van der Waals surface area contributed by atoms with E-state index in [0.717, 1.165) is 4.31 Å². The topological polar surface area (TPSA) is 86.7 Å². The molecule has 0 aromatic carbocycles. The van der Waals surface area contributed by atoms with Crippen molar-refractivity contribution in [2.75, 3.05) is 13.6 Å². The summed E-state index contributed by atoms with van der Waals surface area (Å²) in [5, 5.41) is 8.87. The molecule has 0 unspecified atom stereocenters. The molecule has 6 nitrogen and oxygen atoms in total. The Balaban J connectivity index is 4.73. The van der Waals surface area contributed by atoms with Crippen LogP contribution in [-0.4, -0.2) is 43.4 Å². The number of nitrogens with zero attached hydrogens (tertiary/aromatic N) is 1. The van der Waals surface area contributed by atoms with Crippen molar-refractivity contribution < 1.29 is 18.3 Å². The molecule has 0 saturated heterocycles. The first-order chi connectivity index (χ1) is 7.22. The molecule has 0 spiro atoms. The van der Waals surface area contributed by atoms with Crippen molar-refractivity contribution in [2.45, 2.75) is 33.2 Å². The van der Waals surface area contributed by atoms with E-state index in [0.29, 0.717) is 13.0 Å². The minimum absolute atomic E-state index is 0.303. The van der Waals surface area contributed by atoms with Crippen LogP contribution in [0.1, 0.15) is 27.2 Å². The lowest BCUT2D eigenvalue weighted by molar-refractivity contribution is -0.140. The van der Waals surface area contributed by atoms with Crippen molar-refractivity contribution in [2.24, 2.45) is 5.92 Å². The van der Waals surface area contributed by atoms with Crippen LogP contribution in [-0.2, 0) is 15.0 Å². The summed E-state index contributed by atoms with van der Waals surface area (Å²) in [5.74, 6) is -1.47. The summed E-state index contributed by atoms with van der Waals surface area (Å²) in [4.78, 5) is 10.9. The minimum Gasteiger partial charge on any atom is -0.480 e. The molecule has 0 aliphatic rings. The van der Waals surface area contributed by atoms with Crippen LogP contribution in [0, 0.1) is 5.92 Å². The molecule has 0 aromatic rings. The van der Waals surface area contributed by atoms with Crippen LogP contribution < -0.4 is 4.72 Å². The van der Waals surface area contributed by atoms with E-state index in [2.05, 4.69) is 4.72 Å². The van der Waals surface area contributed by atoms with Gasteiger partial charge in [-0.25, -0.2) is 0 Å². The normalized spacial score (nSPS) is 14.4. The molecular formula is C9H20N2O4S. The summed E-state index contributed by atoms with van der Waals surface area (Å²) < 4.78 is 26.7. The number of hydrogen-bond acceptors (Lipinski definition) is 3. The summed E-state index contributed by atoms with van der Waals surface area (Å²) in [6, 6.07) is -1.09. The molecule has 96 valence electrons. The van der Waals surface area contributed by atoms with Crippen LogP contribution in [0.4, 0.5) is 0 Å². The van der Waals surface area contributed by atoms with E-state index in [-0.39, 0.29) is 5.92 Å². The lowest BCUT2D eigenvalue weighted by Gasteiger charge is -2.22. The molecule has 0 amide bonds. The highest BCUT2D eigenvalue weighted by atomic mass is 32.2. The molecule has 0 rings (SSSR count). The largest absolute Gasteiger partial charge is 0.480 e. The lowest BCUT2D eigenvalue weighted by atomic mass is 10.1. The van der Waals surface area contributed by atoms with Gasteiger partial charge in [-0.05, 0) is 12.3 Å². The maximum Gasteiger partial charge on any atom is 0.322 e. The summed E-state index contributed by atoms with van der Waals surface area (Å²) >= 11 is 0. The van der Waals surface area contributed by atoms with Gasteiger partial charge in [-0.15, -0.1) is 0 Å². The summed E-state index contributed by atoms with van der Waals surface area (Å²) in [6.07, 6.45) is 0.677. The quantitative estimate of drug-likeness (QED) is 0.681. The van der Waals surface area contributed by atoms with Crippen LogP contribution in [0.25, 0.3) is 0 Å². The van der Waals surface area contributed by atoms with Crippen molar-refractivity contribution in [1.82, 2.24) is 9.03 Å². The van der Waals surface area contributed by atoms with Gasteiger partial charge in [0.15, 0.2) is 0 Å². The fraction of sp³-hybridized carbons (Fsp3) is 0.889. The fourth-order valence-corrected chi connectivity index (χ4v) is 2.45. The van der Waals surface area contributed by atoms with E-state index in [1.54, 1.807) is 13.8 Å². The van der Waals surface area contributed by atoms with E-state index in [4.69, 9.17) is 5.11 Å². The first-order valence-electron chi connectivity index (χ1n) is 5.18. The van der Waals surface area contributed by atoms with Gasteiger partial charge in [0.05, 0.1) is 0 Å². The highest BCUT2D eigenvalue weighted by Gasteiger charge is 2.28. The molecular weight excluding hydrogens is 232 g/mol. The minimum atomic E-state index is -3.71. The van der Waals surface area contributed by atoms with Gasteiger partial charge in [-0.3, -0.25) is 4.79 Å². The van der Waals surface area contributed by atoms with Crippen LogP contribution >= 0.6 is 0 Å². The standard InChI is InChI=1S/C9H20N2O4S/c1-5-6-11(4)16(14,15)10-8(7(2)3)9(12)13/h7-8,10H,5-6H2,1-4H3,(H,12,13)/t8-/m1/s1. The molecule has 0 bridgehead atoms. The highest BCUT2D eigenvalue weighted by molar-refractivity contribution is 7.87. The molecule has 1 atom stereocenters. The predicted molar refractivity (Wildman–Crippen MR) is 61.2 cm³/mol. The Hall–Kier alpha value is -0.660. The van der Waals surface area contributed by atoms with E-state index >= 15 is 0 Å². The lowest BCUT2D eigenvalue weighted by Crippen LogP contribution is -2.49. The monoisotopic (exact) mass is 252 g/mol.